The Labute approximate surface area is 178 Å². The zero-order valence-corrected chi connectivity index (χ0v) is 19.7. The molecule has 1 aliphatic heterocycles. The van der Waals surface area contributed by atoms with E-state index in [1.54, 1.807) is 11.3 Å². The lowest BCUT2D eigenvalue weighted by atomic mass is 10.1. The maximum absolute atomic E-state index is 11.3. The van der Waals surface area contributed by atoms with Gasteiger partial charge in [0.15, 0.2) is 5.96 Å². The number of nitrogens with one attached hydrogen (secondary N) is 2. The third-order valence-corrected chi connectivity index (χ3v) is 5.91. The van der Waals surface area contributed by atoms with Crippen molar-refractivity contribution in [3.8, 4) is 0 Å². The maximum Gasteiger partial charge on any atom is 0.191 e. The summed E-state index contributed by atoms with van der Waals surface area (Å²) < 4.78 is 22.6. The largest absolute Gasteiger partial charge is 0.357 e. The first-order chi connectivity index (χ1) is 11.9. The van der Waals surface area contributed by atoms with Crippen molar-refractivity contribution in [2.75, 3.05) is 38.2 Å². The van der Waals surface area contributed by atoms with E-state index in [0.717, 1.165) is 43.4 Å². The summed E-state index contributed by atoms with van der Waals surface area (Å²) in [6.45, 7) is 7.96. The van der Waals surface area contributed by atoms with Crippen molar-refractivity contribution in [2.45, 2.75) is 39.3 Å². The van der Waals surface area contributed by atoms with Crippen molar-refractivity contribution >= 4 is 51.1 Å². The number of piperidine rings is 1. The topological polar surface area (TPSA) is 86.7 Å². The lowest BCUT2D eigenvalue weighted by Gasteiger charge is -2.32. The number of hydrogen-bond acceptors (Lipinski definition) is 6. The lowest BCUT2D eigenvalue weighted by molar-refractivity contribution is 0.216. The first kappa shape index (κ1) is 23.6. The van der Waals surface area contributed by atoms with Crippen LogP contribution in [0.3, 0.4) is 0 Å². The van der Waals surface area contributed by atoms with Gasteiger partial charge in [-0.3, -0.25) is 0 Å². The molecular formula is C16H30IN5O2S2. The number of nitrogens with zero attached hydrogens (tertiary/aromatic N) is 3. The molecule has 0 unspecified atom stereocenters. The van der Waals surface area contributed by atoms with Gasteiger partial charge in [-0.2, -0.15) is 0 Å². The minimum Gasteiger partial charge on any atom is -0.357 e. The minimum atomic E-state index is -2.89. The van der Waals surface area contributed by atoms with Gasteiger partial charge in [-0.1, -0.05) is 0 Å². The molecule has 0 spiro atoms. The number of aromatic nitrogens is 1. The molecule has 10 heteroatoms. The molecule has 0 atom stereocenters. The summed E-state index contributed by atoms with van der Waals surface area (Å²) in [5.41, 5.74) is 0. The second kappa shape index (κ2) is 11.4. The van der Waals surface area contributed by atoms with E-state index in [2.05, 4.69) is 32.4 Å². The number of aliphatic imine (C=N–C) groups is 1. The summed E-state index contributed by atoms with van der Waals surface area (Å²) in [4.78, 5) is 12.4. The number of guanidine groups is 1. The minimum absolute atomic E-state index is 0. The van der Waals surface area contributed by atoms with Crippen LogP contribution in [0.1, 0.15) is 29.7 Å². The number of rotatable bonds is 7. The van der Waals surface area contributed by atoms with Crippen molar-refractivity contribution in [3.63, 3.8) is 0 Å². The van der Waals surface area contributed by atoms with Crippen LogP contribution >= 0.6 is 35.3 Å². The lowest BCUT2D eigenvalue weighted by Crippen LogP contribution is -2.49. The van der Waals surface area contributed by atoms with Crippen LogP contribution in [0.4, 0.5) is 0 Å². The Kier molecular flexibility index (Phi) is 10.3. The Hall–Kier alpha value is -0.460. The Bertz CT molecular complexity index is 670. The van der Waals surface area contributed by atoms with Crippen molar-refractivity contribution < 1.29 is 8.42 Å². The molecular weight excluding hydrogens is 485 g/mol. The van der Waals surface area contributed by atoms with E-state index < -0.39 is 9.84 Å². The van der Waals surface area contributed by atoms with E-state index in [4.69, 9.17) is 0 Å². The molecule has 2 rings (SSSR count). The second-order valence-corrected chi connectivity index (χ2v) is 10.0. The Morgan fingerprint density at radius 3 is 2.65 bits per heavy atom. The van der Waals surface area contributed by atoms with Gasteiger partial charge >= 0.3 is 0 Å². The number of likely N-dealkylation sites (tertiary alicyclic amines) is 1. The molecule has 0 saturated carbocycles. The molecule has 0 radical (unpaired) electrons. The first-order valence-electron chi connectivity index (χ1n) is 8.72. The van der Waals surface area contributed by atoms with Crippen LogP contribution < -0.4 is 10.6 Å². The van der Waals surface area contributed by atoms with E-state index in [9.17, 15) is 8.42 Å². The number of aryl methyl sites for hydroxylation is 1. The molecule has 1 aliphatic rings. The molecule has 1 aromatic rings. The van der Waals surface area contributed by atoms with Crippen molar-refractivity contribution in [1.29, 1.82) is 0 Å². The zero-order chi connectivity index (χ0) is 18.3. The van der Waals surface area contributed by atoms with Crippen LogP contribution in [0, 0.1) is 6.92 Å². The van der Waals surface area contributed by atoms with Crippen LogP contribution in [-0.2, 0) is 16.4 Å². The summed E-state index contributed by atoms with van der Waals surface area (Å²) in [6.07, 6.45) is 5.15. The molecule has 2 heterocycles. The molecule has 0 amide bonds. The monoisotopic (exact) mass is 515 g/mol. The normalized spacial score (nSPS) is 17.0. The quantitative estimate of drug-likeness (QED) is 0.326. The molecule has 1 saturated heterocycles. The summed E-state index contributed by atoms with van der Waals surface area (Å²) in [5.74, 6) is 1.06. The molecule has 2 N–H and O–H groups in total. The fourth-order valence-electron chi connectivity index (χ4n) is 2.73. The van der Waals surface area contributed by atoms with Crippen molar-refractivity contribution in [1.82, 2.24) is 20.5 Å². The number of thiazole rings is 1. The summed E-state index contributed by atoms with van der Waals surface area (Å²) in [5, 5.41) is 7.80. The van der Waals surface area contributed by atoms with E-state index in [-0.39, 0.29) is 29.7 Å². The van der Waals surface area contributed by atoms with Gasteiger partial charge in [0.05, 0.1) is 12.3 Å². The predicted molar refractivity (Wildman–Crippen MR) is 119 cm³/mol. The Morgan fingerprint density at radius 1 is 1.42 bits per heavy atom. The van der Waals surface area contributed by atoms with Crippen molar-refractivity contribution in [3.05, 3.63) is 16.1 Å². The molecule has 0 aromatic carbocycles. The van der Waals surface area contributed by atoms with Crippen LogP contribution in [0.5, 0.6) is 0 Å². The van der Waals surface area contributed by atoms with Gasteiger partial charge < -0.3 is 15.5 Å². The third-order valence-electron chi connectivity index (χ3n) is 4.09. The molecule has 1 fully saturated rings. The highest BCUT2D eigenvalue weighted by molar-refractivity contribution is 14.0. The van der Waals surface area contributed by atoms with Crippen LogP contribution in [0.15, 0.2) is 11.2 Å². The highest BCUT2D eigenvalue weighted by Gasteiger charge is 2.20. The van der Waals surface area contributed by atoms with Gasteiger partial charge in [-0.15, -0.1) is 35.3 Å². The molecule has 0 bridgehead atoms. The van der Waals surface area contributed by atoms with Gasteiger partial charge in [-0.05, 0) is 26.7 Å². The summed E-state index contributed by atoms with van der Waals surface area (Å²) >= 11 is 1.67. The highest BCUT2D eigenvalue weighted by Crippen LogP contribution is 2.13. The fraction of sp³-hybridized carbons (Fsp3) is 0.750. The van der Waals surface area contributed by atoms with E-state index in [1.807, 2.05) is 13.1 Å². The molecule has 0 aliphatic carbocycles. The zero-order valence-electron chi connectivity index (χ0n) is 15.7. The van der Waals surface area contributed by atoms with E-state index in [0.29, 0.717) is 19.1 Å². The van der Waals surface area contributed by atoms with Gasteiger partial charge in [0, 0.05) is 49.6 Å². The smallest absolute Gasteiger partial charge is 0.191 e. The van der Waals surface area contributed by atoms with E-state index >= 15 is 0 Å². The Balaban J connectivity index is 0.00000338. The number of sulfone groups is 1. The average Bonchev–Trinajstić information content (AvgIpc) is 2.97. The van der Waals surface area contributed by atoms with Gasteiger partial charge in [-0.25, -0.2) is 18.4 Å². The van der Waals surface area contributed by atoms with Gasteiger partial charge in [0.25, 0.3) is 0 Å². The van der Waals surface area contributed by atoms with Crippen LogP contribution in [0.25, 0.3) is 0 Å². The first-order valence-corrected chi connectivity index (χ1v) is 11.6. The van der Waals surface area contributed by atoms with E-state index in [1.165, 1.54) is 11.1 Å². The maximum atomic E-state index is 11.3. The van der Waals surface area contributed by atoms with Gasteiger partial charge in [0.1, 0.15) is 14.8 Å². The predicted octanol–water partition coefficient (Wildman–Crippen LogP) is 1.63. The van der Waals surface area contributed by atoms with Gasteiger partial charge in [0.2, 0.25) is 0 Å². The third kappa shape index (κ3) is 8.96. The average molecular weight is 515 g/mol. The molecule has 150 valence electrons. The number of halogens is 1. The summed E-state index contributed by atoms with van der Waals surface area (Å²) in [6, 6.07) is 0.366. The Morgan fingerprint density at radius 2 is 2.12 bits per heavy atom. The highest BCUT2D eigenvalue weighted by atomic mass is 127. The molecule has 1 aromatic heterocycles. The standard InChI is InChI=1S/C16H29N5O2S2.HI/c1-4-17-16(19-12-15-18-11-13(2)24-15)20-14-5-7-21(8-6-14)9-10-25(3,22)23;/h11,14H,4-10,12H2,1-3H3,(H2,17,19,20);1H. The number of hydrogen-bond donors (Lipinski definition) is 2. The summed E-state index contributed by atoms with van der Waals surface area (Å²) in [7, 11) is -2.89. The second-order valence-electron chi connectivity index (χ2n) is 6.45. The molecule has 26 heavy (non-hydrogen) atoms. The molecule has 7 nitrogen and oxygen atoms in total. The van der Waals surface area contributed by atoms with Crippen molar-refractivity contribution in [2.24, 2.45) is 4.99 Å². The van der Waals surface area contributed by atoms with Crippen LogP contribution in [-0.4, -0.2) is 68.5 Å². The fourth-order valence-corrected chi connectivity index (χ4v) is 4.03. The SMILES string of the molecule is CCNC(=NCc1ncc(C)s1)NC1CCN(CCS(C)(=O)=O)CC1.I. The van der Waals surface area contributed by atoms with Crippen LogP contribution in [0.2, 0.25) is 0 Å².